The molecule has 18 heteroatoms. The Morgan fingerprint density at radius 2 is 1.94 bits per heavy atom. The van der Waals surface area contributed by atoms with E-state index in [2.05, 4.69) is 17.2 Å². The van der Waals surface area contributed by atoms with Gasteiger partial charge in [0.2, 0.25) is 21.8 Å². The van der Waals surface area contributed by atoms with Gasteiger partial charge in [0.1, 0.15) is 29.8 Å². The Morgan fingerprint density at radius 3 is 2.63 bits per heavy atom. The third-order valence-corrected chi connectivity index (χ3v) is 11.8. The summed E-state index contributed by atoms with van der Waals surface area (Å²) in [6.07, 6.45) is -2.63. The Labute approximate surface area is 297 Å². The number of hydrogen-bond acceptors (Lipinski definition) is 10. The number of fused-ring (bicyclic) bond motifs is 10. The zero-order valence-electron chi connectivity index (χ0n) is 28.1. The molecule has 4 aliphatic heterocycles. The van der Waals surface area contributed by atoms with Gasteiger partial charge >= 0.3 is 18.2 Å². The van der Waals surface area contributed by atoms with Crippen molar-refractivity contribution in [2.45, 2.75) is 99.1 Å². The van der Waals surface area contributed by atoms with Crippen LogP contribution in [0.25, 0.3) is 6.08 Å². The van der Waals surface area contributed by atoms with Crippen LogP contribution in [0.15, 0.2) is 36.9 Å². The number of allylic oxidation sites excluding steroid dienone is 1. The Balaban J connectivity index is 1.28. The number of esters is 1. The molecule has 6 bridgehead atoms. The van der Waals surface area contributed by atoms with Gasteiger partial charge in [0.15, 0.2) is 0 Å². The normalized spacial score (nSPS) is 29.7. The monoisotopic (exact) mass is 751 g/mol. The predicted molar refractivity (Wildman–Crippen MR) is 177 cm³/mol. The molecule has 7 rings (SSSR count). The molecule has 0 aromatic heterocycles. The lowest BCUT2D eigenvalue weighted by Gasteiger charge is -2.30. The first-order valence-electron chi connectivity index (χ1n) is 17.1. The van der Waals surface area contributed by atoms with Gasteiger partial charge in [-0.2, -0.15) is 13.2 Å². The van der Waals surface area contributed by atoms with Crippen LogP contribution in [0.3, 0.4) is 0 Å². The van der Waals surface area contributed by atoms with Gasteiger partial charge in [-0.05, 0) is 55.2 Å². The van der Waals surface area contributed by atoms with Gasteiger partial charge in [-0.3, -0.25) is 29.2 Å². The van der Waals surface area contributed by atoms with Gasteiger partial charge in [-0.1, -0.05) is 36.4 Å². The van der Waals surface area contributed by atoms with E-state index in [1.54, 1.807) is 0 Å². The number of sulfonamides is 1. The van der Waals surface area contributed by atoms with E-state index < -0.39 is 99.9 Å². The van der Waals surface area contributed by atoms with E-state index in [1.165, 1.54) is 6.08 Å². The van der Waals surface area contributed by atoms with Crippen molar-refractivity contribution in [3.8, 4) is 0 Å². The van der Waals surface area contributed by atoms with Crippen molar-refractivity contribution in [2.75, 3.05) is 13.2 Å². The molecule has 6 aliphatic rings. The van der Waals surface area contributed by atoms with Gasteiger partial charge < -0.3 is 25.0 Å². The van der Waals surface area contributed by atoms with Crippen LogP contribution < -0.4 is 20.7 Å². The van der Waals surface area contributed by atoms with Crippen LogP contribution in [0.5, 0.6) is 0 Å². The number of alkyl halides is 3. The maximum Gasteiger partial charge on any atom is 0.407 e. The SMILES string of the molecule is C=C[C@@H]1C[C@]1(NC(=O)[C@@H]1C[C@@H]2CN1C(=O)[C@H](CC(F)(F)F)NC(=O)OCCCC=Cc1cccc3c1CNC(C3)C(=O)O2)C(=O)NS(=O)(=O)C1CC1. The average Bonchev–Trinajstić information content (AvgIpc) is 4.01. The van der Waals surface area contributed by atoms with Gasteiger partial charge in [0.05, 0.1) is 24.8 Å². The molecule has 0 radical (unpaired) electrons. The molecule has 1 unspecified atom stereocenters. The van der Waals surface area contributed by atoms with Crippen LogP contribution in [0.4, 0.5) is 18.0 Å². The first-order chi connectivity index (χ1) is 24.6. The number of nitrogens with one attached hydrogen (secondary N) is 4. The standard InChI is InChI=1S/C34H40F3N5O9S/c1-2-21-15-33(21,31(46)41-52(48,49)23-10-11-23)40-28(43)27-14-22-18-42(27)29(44)26(16-34(35,36)37)39-32(47)50-12-5-3-4-7-19-8-6-9-20-13-25(30(45)51-22)38-17-24(19)20/h2,4,6-9,21-23,25-27,38H,1,3,5,10-18H2,(H,39,47)(H,40,43)(H,41,46)/t21-,22-,25?,26+,27+,33-/m1/s1. The molecule has 3 fully saturated rings. The first-order valence-corrected chi connectivity index (χ1v) is 18.7. The third kappa shape index (κ3) is 8.27. The summed E-state index contributed by atoms with van der Waals surface area (Å²) in [5.41, 5.74) is 1.05. The summed E-state index contributed by atoms with van der Waals surface area (Å²) in [5, 5.41) is 6.92. The van der Waals surface area contributed by atoms with E-state index in [4.69, 9.17) is 9.47 Å². The number of ether oxygens (including phenoxy) is 2. The Morgan fingerprint density at radius 1 is 1.17 bits per heavy atom. The fourth-order valence-electron chi connectivity index (χ4n) is 6.93. The number of carbonyl (C=O) groups is 5. The molecule has 2 saturated carbocycles. The smallest absolute Gasteiger partial charge is 0.407 e. The second-order valence-electron chi connectivity index (χ2n) is 13.8. The molecule has 14 nitrogen and oxygen atoms in total. The topological polar surface area (TPSA) is 189 Å². The molecular formula is C34H40F3N5O9S. The summed E-state index contributed by atoms with van der Waals surface area (Å²) < 4.78 is 79.3. The fraction of sp³-hybridized carbons (Fsp3) is 0.559. The number of hydrogen-bond donors (Lipinski definition) is 4. The van der Waals surface area contributed by atoms with Crippen LogP contribution in [0.2, 0.25) is 0 Å². The van der Waals surface area contributed by atoms with Crippen LogP contribution in [0.1, 0.15) is 61.6 Å². The third-order valence-electron chi connectivity index (χ3n) is 9.99. The summed E-state index contributed by atoms with van der Waals surface area (Å²) in [6.45, 7) is 3.32. The van der Waals surface area contributed by atoms with E-state index in [-0.39, 0.29) is 25.9 Å². The fourth-order valence-corrected chi connectivity index (χ4v) is 8.30. The largest absolute Gasteiger partial charge is 0.459 e. The van der Waals surface area contributed by atoms with Crippen molar-refractivity contribution >= 4 is 45.9 Å². The summed E-state index contributed by atoms with van der Waals surface area (Å²) >= 11 is 0. The van der Waals surface area contributed by atoms with Crippen molar-refractivity contribution in [1.82, 2.24) is 25.6 Å². The van der Waals surface area contributed by atoms with E-state index >= 15 is 0 Å². The van der Waals surface area contributed by atoms with Gasteiger partial charge in [-0.15, -0.1) is 6.58 Å². The minimum absolute atomic E-state index is 0.0243. The lowest BCUT2D eigenvalue weighted by molar-refractivity contribution is -0.156. The Bertz CT molecular complexity index is 1780. The van der Waals surface area contributed by atoms with E-state index in [9.17, 15) is 45.6 Å². The first kappa shape index (κ1) is 37.3. The zero-order valence-corrected chi connectivity index (χ0v) is 28.9. The molecule has 2 aliphatic carbocycles. The Hall–Kier alpha value is -4.45. The highest BCUT2D eigenvalue weighted by atomic mass is 32.2. The molecular weight excluding hydrogens is 711 g/mol. The number of nitrogens with zero attached hydrogens (tertiary/aromatic N) is 1. The summed E-state index contributed by atoms with van der Waals surface area (Å²) in [7, 11) is -4.01. The average molecular weight is 752 g/mol. The maximum atomic E-state index is 13.9. The molecule has 1 aromatic rings. The van der Waals surface area contributed by atoms with Gasteiger partial charge in [0.25, 0.3) is 5.91 Å². The van der Waals surface area contributed by atoms with Gasteiger partial charge in [-0.25, -0.2) is 13.2 Å². The summed E-state index contributed by atoms with van der Waals surface area (Å²) in [6, 6.07) is 1.08. The summed E-state index contributed by atoms with van der Waals surface area (Å²) in [4.78, 5) is 68.0. The van der Waals surface area contributed by atoms with E-state index in [0.29, 0.717) is 32.2 Å². The second kappa shape index (κ2) is 14.5. The molecule has 282 valence electrons. The van der Waals surface area contributed by atoms with Crippen molar-refractivity contribution in [2.24, 2.45) is 5.92 Å². The van der Waals surface area contributed by atoms with Crippen molar-refractivity contribution in [1.29, 1.82) is 0 Å². The van der Waals surface area contributed by atoms with Crippen molar-refractivity contribution < 1.29 is 55.0 Å². The summed E-state index contributed by atoms with van der Waals surface area (Å²) in [5.74, 6) is -4.70. The Kier molecular flexibility index (Phi) is 10.4. The lowest BCUT2D eigenvalue weighted by Crippen LogP contribution is -2.58. The number of amides is 4. The minimum Gasteiger partial charge on any atom is -0.459 e. The quantitative estimate of drug-likeness (QED) is 0.236. The molecule has 6 atom stereocenters. The van der Waals surface area contributed by atoms with Crippen LogP contribution in [0, 0.1) is 5.92 Å². The van der Waals surface area contributed by atoms with E-state index in [1.807, 2.05) is 40.4 Å². The molecule has 52 heavy (non-hydrogen) atoms. The van der Waals surface area contributed by atoms with Crippen LogP contribution in [-0.2, 0) is 51.6 Å². The predicted octanol–water partition coefficient (Wildman–Crippen LogP) is 1.74. The number of benzene rings is 1. The number of carbonyl (C=O) groups excluding carboxylic acids is 5. The van der Waals surface area contributed by atoms with Crippen LogP contribution >= 0.6 is 0 Å². The number of alkyl carbamates (subject to hydrolysis) is 1. The zero-order chi connectivity index (χ0) is 37.4. The highest BCUT2D eigenvalue weighted by molar-refractivity contribution is 7.91. The molecule has 1 saturated heterocycles. The second-order valence-corrected chi connectivity index (χ2v) is 15.8. The van der Waals surface area contributed by atoms with Crippen molar-refractivity contribution in [3.63, 3.8) is 0 Å². The lowest BCUT2D eigenvalue weighted by atomic mass is 9.92. The molecule has 1 aromatic carbocycles. The minimum atomic E-state index is -4.93. The number of halogens is 3. The maximum absolute atomic E-state index is 13.9. The highest BCUT2D eigenvalue weighted by Gasteiger charge is 2.62. The highest BCUT2D eigenvalue weighted by Crippen LogP contribution is 2.45. The molecule has 0 spiro atoms. The van der Waals surface area contributed by atoms with Gasteiger partial charge in [0, 0.05) is 18.9 Å². The molecule has 4 heterocycles. The number of rotatable bonds is 7. The van der Waals surface area contributed by atoms with E-state index in [0.717, 1.165) is 21.6 Å². The van der Waals surface area contributed by atoms with Crippen molar-refractivity contribution in [3.05, 3.63) is 53.6 Å². The van der Waals surface area contributed by atoms with Crippen LogP contribution in [-0.4, -0.2) is 97.4 Å². The molecule has 4 amide bonds. The molecule has 4 N–H and O–H groups in total.